The third-order valence-corrected chi connectivity index (χ3v) is 3.74. The standard InChI is InChI=1S/C11H15F3O3Si/c12-8-5-7(6-9(13)10(8)14)3-1-2-4-18-17-11(15)16/h5-6,11,15-16H,1-4,18H2. The van der Waals surface area contributed by atoms with Crippen molar-refractivity contribution in [3.8, 4) is 0 Å². The number of halogens is 3. The Bertz CT molecular complexity index is 365. The number of aryl methyl sites for hydroxylation is 1. The molecule has 1 rings (SSSR count). The molecule has 0 aromatic heterocycles. The van der Waals surface area contributed by atoms with Gasteiger partial charge < -0.3 is 14.6 Å². The lowest BCUT2D eigenvalue weighted by molar-refractivity contribution is -0.180. The number of rotatable bonds is 7. The molecule has 0 atom stereocenters. The lowest BCUT2D eigenvalue weighted by atomic mass is 10.1. The van der Waals surface area contributed by atoms with Crippen LogP contribution in [-0.4, -0.2) is 26.5 Å². The maximum atomic E-state index is 12.9. The first-order chi connectivity index (χ1) is 8.50. The minimum Gasteiger partial charge on any atom is -0.379 e. The highest BCUT2D eigenvalue weighted by atomic mass is 28.2. The van der Waals surface area contributed by atoms with Gasteiger partial charge in [0.25, 0.3) is 6.48 Å². The normalized spacial score (nSPS) is 11.9. The van der Waals surface area contributed by atoms with Crippen LogP contribution in [0.1, 0.15) is 18.4 Å². The van der Waals surface area contributed by atoms with Crippen LogP contribution in [0.25, 0.3) is 0 Å². The molecule has 0 bridgehead atoms. The Morgan fingerprint density at radius 1 is 1.11 bits per heavy atom. The van der Waals surface area contributed by atoms with E-state index in [1.54, 1.807) is 0 Å². The molecule has 0 spiro atoms. The number of aliphatic hydroxyl groups is 2. The van der Waals surface area contributed by atoms with Crippen molar-refractivity contribution in [2.45, 2.75) is 31.8 Å². The molecule has 0 heterocycles. The van der Waals surface area contributed by atoms with Crippen LogP contribution in [0.2, 0.25) is 6.04 Å². The van der Waals surface area contributed by atoms with Crippen LogP contribution in [-0.2, 0) is 10.8 Å². The minimum atomic E-state index is -1.71. The summed E-state index contributed by atoms with van der Waals surface area (Å²) in [5, 5.41) is 16.8. The number of hydrogen-bond acceptors (Lipinski definition) is 3. The zero-order valence-corrected chi connectivity index (χ0v) is 11.1. The van der Waals surface area contributed by atoms with Crippen LogP contribution < -0.4 is 0 Å². The van der Waals surface area contributed by atoms with Gasteiger partial charge in [-0.05, 0) is 36.6 Å². The molecule has 7 heteroatoms. The van der Waals surface area contributed by atoms with Gasteiger partial charge in [-0.1, -0.05) is 6.42 Å². The van der Waals surface area contributed by atoms with Crippen molar-refractivity contribution in [2.75, 3.05) is 0 Å². The second kappa shape index (κ2) is 7.52. The quantitative estimate of drug-likeness (QED) is 0.342. The van der Waals surface area contributed by atoms with E-state index in [-0.39, 0.29) is 0 Å². The van der Waals surface area contributed by atoms with E-state index in [4.69, 9.17) is 10.2 Å². The summed E-state index contributed by atoms with van der Waals surface area (Å²) in [6, 6.07) is 2.72. The topological polar surface area (TPSA) is 49.7 Å². The average Bonchev–Trinajstić information content (AvgIpc) is 2.30. The average molecular weight is 280 g/mol. The largest absolute Gasteiger partial charge is 0.379 e. The highest BCUT2D eigenvalue weighted by Gasteiger charge is 2.10. The Kier molecular flexibility index (Phi) is 6.34. The molecular weight excluding hydrogens is 265 g/mol. The van der Waals surface area contributed by atoms with Crippen molar-refractivity contribution in [1.29, 1.82) is 0 Å². The minimum absolute atomic E-state index is 0.413. The monoisotopic (exact) mass is 280 g/mol. The lowest BCUT2D eigenvalue weighted by Crippen LogP contribution is -2.13. The first kappa shape index (κ1) is 15.2. The van der Waals surface area contributed by atoms with Crippen molar-refractivity contribution in [2.24, 2.45) is 0 Å². The zero-order chi connectivity index (χ0) is 13.5. The van der Waals surface area contributed by atoms with Gasteiger partial charge in [0, 0.05) is 0 Å². The fourth-order valence-electron chi connectivity index (χ4n) is 1.55. The second-order valence-corrected chi connectivity index (χ2v) is 5.33. The third-order valence-electron chi connectivity index (χ3n) is 2.42. The summed E-state index contributed by atoms with van der Waals surface area (Å²) < 4.78 is 43.0. The van der Waals surface area contributed by atoms with E-state index in [9.17, 15) is 13.2 Å². The molecule has 1 aromatic carbocycles. The van der Waals surface area contributed by atoms with E-state index in [1.807, 2.05) is 0 Å². The van der Waals surface area contributed by atoms with E-state index >= 15 is 0 Å². The van der Waals surface area contributed by atoms with Crippen molar-refractivity contribution in [1.82, 2.24) is 0 Å². The molecule has 0 amide bonds. The van der Waals surface area contributed by atoms with Crippen molar-refractivity contribution in [3.63, 3.8) is 0 Å². The van der Waals surface area contributed by atoms with Gasteiger partial charge in [0.2, 0.25) is 0 Å². The molecular formula is C11H15F3O3Si. The number of benzene rings is 1. The van der Waals surface area contributed by atoms with Crippen molar-refractivity contribution >= 4 is 9.76 Å². The number of hydrogen-bond donors (Lipinski definition) is 2. The fraction of sp³-hybridized carbons (Fsp3) is 0.455. The van der Waals surface area contributed by atoms with Crippen LogP contribution in [0, 0.1) is 17.5 Å². The van der Waals surface area contributed by atoms with Gasteiger partial charge in [-0.15, -0.1) is 0 Å². The van der Waals surface area contributed by atoms with E-state index in [0.29, 0.717) is 18.4 Å². The first-order valence-corrected chi connectivity index (χ1v) is 7.19. The molecule has 1 aromatic rings. The molecule has 0 unspecified atom stereocenters. The van der Waals surface area contributed by atoms with Gasteiger partial charge in [-0.2, -0.15) is 0 Å². The van der Waals surface area contributed by atoms with Crippen LogP contribution in [0.3, 0.4) is 0 Å². The molecule has 0 aliphatic rings. The van der Waals surface area contributed by atoms with Crippen LogP contribution in [0.15, 0.2) is 12.1 Å². The molecule has 0 fully saturated rings. The van der Waals surface area contributed by atoms with E-state index in [2.05, 4.69) is 4.43 Å². The number of unbranched alkanes of at least 4 members (excludes halogenated alkanes) is 1. The molecule has 0 aliphatic carbocycles. The molecule has 18 heavy (non-hydrogen) atoms. The molecule has 3 nitrogen and oxygen atoms in total. The smallest absolute Gasteiger partial charge is 0.256 e. The Labute approximate surface area is 105 Å². The Morgan fingerprint density at radius 3 is 2.28 bits per heavy atom. The van der Waals surface area contributed by atoms with E-state index in [1.165, 1.54) is 0 Å². The summed E-state index contributed by atoms with van der Waals surface area (Å²) in [5.74, 6) is -3.80. The summed E-state index contributed by atoms with van der Waals surface area (Å²) in [6.45, 7) is -1.71. The third kappa shape index (κ3) is 5.17. The summed E-state index contributed by atoms with van der Waals surface area (Å²) >= 11 is 0. The molecule has 2 N–H and O–H groups in total. The maximum absolute atomic E-state index is 12.9. The second-order valence-electron chi connectivity index (χ2n) is 3.88. The molecule has 0 radical (unpaired) electrons. The van der Waals surface area contributed by atoms with Crippen LogP contribution in [0.5, 0.6) is 0 Å². The van der Waals surface area contributed by atoms with Gasteiger partial charge in [-0.25, -0.2) is 13.2 Å². The SMILES string of the molecule is OC(O)O[SiH2]CCCCc1cc(F)c(F)c(F)c1. The summed E-state index contributed by atoms with van der Waals surface area (Å²) in [5.41, 5.74) is 0.413. The Morgan fingerprint density at radius 2 is 1.72 bits per heavy atom. The lowest BCUT2D eigenvalue weighted by Gasteiger charge is -2.05. The Hall–Kier alpha value is -0.893. The van der Waals surface area contributed by atoms with Crippen LogP contribution in [0.4, 0.5) is 13.2 Å². The van der Waals surface area contributed by atoms with Gasteiger partial charge in [0.1, 0.15) is 0 Å². The summed E-state index contributed by atoms with van der Waals surface area (Å²) in [4.78, 5) is 0. The predicted octanol–water partition coefficient (Wildman–Crippen LogP) is 1.21. The first-order valence-electron chi connectivity index (χ1n) is 5.62. The van der Waals surface area contributed by atoms with Crippen molar-refractivity contribution in [3.05, 3.63) is 35.1 Å². The zero-order valence-electron chi connectivity index (χ0n) is 9.70. The Balaban J connectivity index is 2.27. The summed E-state index contributed by atoms with van der Waals surface area (Å²) in [7, 11) is -0.967. The van der Waals surface area contributed by atoms with Crippen molar-refractivity contribution < 1.29 is 27.8 Å². The fourth-order valence-corrected chi connectivity index (χ4v) is 2.48. The van der Waals surface area contributed by atoms with Gasteiger partial charge in [0.15, 0.2) is 27.2 Å². The summed E-state index contributed by atoms with van der Waals surface area (Å²) in [6.07, 6.45) is 1.89. The van der Waals surface area contributed by atoms with Gasteiger partial charge in [-0.3, -0.25) is 0 Å². The van der Waals surface area contributed by atoms with E-state index in [0.717, 1.165) is 24.6 Å². The molecule has 0 aliphatic heterocycles. The van der Waals surface area contributed by atoms with Gasteiger partial charge in [0.05, 0.1) is 0 Å². The van der Waals surface area contributed by atoms with E-state index < -0.39 is 33.7 Å². The predicted molar refractivity (Wildman–Crippen MR) is 61.9 cm³/mol. The highest BCUT2D eigenvalue weighted by molar-refractivity contribution is 6.26. The molecule has 0 saturated carbocycles. The molecule has 0 saturated heterocycles. The highest BCUT2D eigenvalue weighted by Crippen LogP contribution is 2.15. The molecule has 102 valence electrons. The number of aliphatic hydroxyl groups excluding tert-OH is 1. The van der Waals surface area contributed by atoms with Gasteiger partial charge >= 0.3 is 0 Å². The maximum Gasteiger partial charge on any atom is 0.256 e. The van der Waals surface area contributed by atoms with Crippen LogP contribution >= 0.6 is 0 Å².